The molecular formula is C11H18N8. The van der Waals surface area contributed by atoms with Crippen LogP contribution in [0.15, 0.2) is 18.7 Å². The smallest absolute Gasteiger partial charge is 0.243 e. The third kappa shape index (κ3) is 3.16. The van der Waals surface area contributed by atoms with Crippen LogP contribution in [0, 0.1) is 0 Å². The quantitative estimate of drug-likeness (QED) is 0.580. The summed E-state index contributed by atoms with van der Waals surface area (Å²) in [6.45, 7) is 3.03. The summed E-state index contributed by atoms with van der Waals surface area (Å²) >= 11 is 0. The molecular weight excluding hydrogens is 244 g/mol. The first-order chi connectivity index (χ1) is 9.24. The molecule has 102 valence electrons. The number of hydrazine groups is 1. The average Bonchev–Trinajstić information content (AvgIpc) is 2.98. The van der Waals surface area contributed by atoms with Crippen molar-refractivity contribution in [1.82, 2.24) is 24.5 Å². The van der Waals surface area contributed by atoms with Crippen molar-refractivity contribution in [2.24, 2.45) is 5.84 Å². The fourth-order valence-electron chi connectivity index (χ4n) is 1.58. The molecule has 2 heterocycles. The number of imidazole rings is 1. The highest BCUT2D eigenvalue weighted by Crippen LogP contribution is 2.12. The van der Waals surface area contributed by atoms with Gasteiger partial charge in [-0.3, -0.25) is 9.99 Å². The molecule has 0 aliphatic rings. The Morgan fingerprint density at radius 1 is 1.37 bits per heavy atom. The van der Waals surface area contributed by atoms with Crippen LogP contribution in [-0.4, -0.2) is 38.1 Å². The van der Waals surface area contributed by atoms with Gasteiger partial charge in [-0.25, -0.2) is 10.8 Å². The second-order valence-corrected chi connectivity index (χ2v) is 4.15. The Morgan fingerprint density at radius 3 is 2.84 bits per heavy atom. The van der Waals surface area contributed by atoms with Crippen molar-refractivity contribution in [3.05, 3.63) is 18.7 Å². The van der Waals surface area contributed by atoms with Crippen LogP contribution in [0.5, 0.6) is 0 Å². The van der Waals surface area contributed by atoms with Gasteiger partial charge in [0.05, 0.1) is 0 Å². The number of hydrogen-bond acceptors (Lipinski definition) is 7. The molecule has 0 atom stereocenters. The van der Waals surface area contributed by atoms with E-state index < -0.39 is 0 Å². The van der Waals surface area contributed by atoms with Crippen molar-refractivity contribution in [1.29, 1.82) is 0 Å². The highest BCUT2D eigenvalue weighted by molar-refractivity contribution is 5.38. The van der Waals surface area contributed by atoms with Gasteiger partial charge in [0, 0.05) is 26.0 Å². The number of rotatable bonds is 6. The first-order valence-electron chi connectivity index (χ1n) is 6.16. The number of nitrogens with one attached hydrogen (secondary N) is 1. The Hall–Kier alpha value is -2.22. The highest BCUT2D eigenvalue weighted by atomic mass is 15.4. The van der Waals surface area contributed by atoms with E-state index in [2.05, 4.69) is 32.3 Å². The molecule has 0 unspecified atom stereocenters. The standard InChI is InChI=1S/C11H18N8/c1-3-4-6-18(2)10-14-9(17-12)15-11(16-10)19-7-5-13-8-19/h5,7-8H,3-4,6,12H2,1-2H3,(H,14,15,16,17). The zero-order valence-corrected chi connectivity index (χ0v) is 11.1. The Morgan fingerprint density at radius 2 is 2.21 bits per heavy atom. The zero-order valence-electron chi connectivity index (χ0n) is 11.1. The molecule has 19 heavy (non-hydrogen) atoms. The summed E-state index contributed by atoms with van der Waals surface area (Å²) in [4.78, 5) is 18.8. The average molecular weight is 262 g/mol. The van der Waals surface area contributed by atoms with Crippen molar-refractivity contribution in [3.63, 3.8) is 0 Å². The number of nitrogens with zero attached hydrogens (tertiary/aromatic N) is 6. The Balaban J connectivity index is 2.31. The topological polar surface area (TPSA) is 97.8 Å². The maximum absolute atomic E-state index is 5.40. The first kappa shape index (κ1) is 13.2. The molecule has 0 fully saturated rings. The maximum atomic E-state index is 5.40. The van der Waals surface area contributed by atoms with E-state index in [1.165, 1.54) is 0 Å². The Bertz CT molecular complexity index is 509. The predicted octanol–water partition coefficient (Wildman–Crippen LogP) is 0.579. The van der Waals surface area contributed by atoms with Crippen molar-refractivity contribution < 1.29 is 0 Å². The number of nitrogen functional groups attached to an aromatic ring is 1. The summed E-state index contributed by atoms with van der Waals surface area (Å²) < 4.78 is 1.71. The van der Waals surface area contributed by atoms with Gasteiger partial charge in [-0.15, -0.1) is 0 Å². The predicted molar refractivity (Wildman–Crippen MR) is 72.9 cm³/mol. The first-order valence-corrected chi connectivity index (χ1v) is 6.16. The van der Waals surface area contributed by atoms with Gasteiger partial charge in [0.15, 0.2) is 0 Å². The third-order valence-corrected chi connectivity index (χ3v) is 2.66. The van der Waals surface area contributed by atoms with Gasteiger partial charge in [-0.2, -0.15) is 15.0 Å². The van der Waals surface area contributed by atoms with Crippen LogP contribution in [0.3, 0.4) is 0 Å². The molecule has 0 amide bonds. The van der Waals surface area contributed by atoms with E-state index in [4.69, 9.17) is 5.84 Å². The molecule has 8 heteroatoms. The Labute approximate surface area is 111 Å². The normalized spacial score (nSPS) is 10.5. The lowest BCUT2D eigenvalue weighted by Gasteiger charge is -2.17. The van der Waals surface area contributed by atoms with Crippen LogP contribution in [0.25, 0.3) is 5.95 Å². The number of hydrogen-bond donors (Lipinski definition) is 2. The van der Waals surface area contributed by atoms with Crippen LogP contribution in [0.2, 0.25) is 0 Å². The lowest BCUT2D eigenvalue weighted by molar-refractivity contribution is 0.742. The fourth-order valence-corrected chi connectivity index (χ4v) is 1.58. The molecule has 2 rings (SSSR count). The maximum Gasteiger partial charge on any atom is 0.243 e. The lowest BCUT2D eigenvalue weighted by Crippen LogP contribution is -2.23. The van der Waals surface area contributed by atoms with Crippen molar-refractivity contribution in [2.75, 3.05) is 23.9 Å². The largest absolute Gasteiger partial charge is 0.344 e. The van der Waals surface area contributed by atoms with Crippen LogP contribution < -0.4 is 16.2 Å². The number of anilines is 2. The van der Waals surface area contributed by atoms with Crippen LogP contribution in [0.1, 0.15) is 19.8 Å². The number of nitrogens with two attached hydrogens (primary N) is 1. The number of aromatic nitrogens is 5. The molecule has 0 aromatic carbocycles. The summed E-state index contributed by atoms with van der Waals surface area (Å²) in [6.07, 6.45) is 7.26. The van der Waals surface area contributed by atoms with Gasteiger partial charge in [-0.05, 0) is 6.42 Å². The molecule has 0 bridgehead atoms. The monoisotopic (exact) mass is 262 g/mol. The fraction of sp³-hybridized carbons (Fsp3) is 0.455. The van der Waals surface area contributed by atoms with E-state index in [9.17, 15) is 0 Å². The van der Waals surface area contributed by atoms with Crippen molar-refractivity contribution in [2.45, 2.75) is 19.8 Å². The molecule has 2 aromatic heterocycles. The van der Waals surface area contributed by atoms with E-state index in [0.717, 1.165) is 19.4 Å². The van der Waals surface area contributed by atoms with E-state index in [1.54, 1.807) is 23.3 Å². The van der Waals surface area contributed by atoms with Gasteiger partial charge in [-0.1, -0.05) is 13.3 Å². The molecule has 0 spiro atoms. The molecule has 8 nitrogen and oxygen atoms in total. The SMILES string of the molecule is CCCCN(C)c1nc(NN)nc(-n2ccnc2)n1. The summed E-state index contributed by atoms with van der Waals surface area (Å²) in [5, 5.41) is 0. The van der Waals surface area contributed by atoms with Crippen LogP contribution in [-0.2, 0) is 0 Å². The van der Waals surface area contributed by atoms with Gasteiger partial charge in [0.25, 0.3) is 0 Å². The molecule has 0 aliphatic heterocycles. The molecule has 0 saturated heterocycles. The minimum Gasteiger partial charge on any atom is -0.344 e. The number of unbranched alkanes of at least 4 members (excludes halogenated alkanes) is 1. The van der Waals surface area contributed by atoms with Crippen LogP contribution >= 0.6 is 0 Å². The Kier molecular flexibility index (Phi) is 4.24. The second kappa shape index (κ2) is 6.10. The summed E-state index contributed by atoms with van der Waals surface area (Å²) in [5.41, 5.74) is 2.46. The van der Waals surface area contributed by atoms with Crippen LogP contribution in [0.4, 0.5) is 11.9 Å². The second-order valence-electron chi connectivity index (χ2n) is 4.15. The van der Waals surface area contributed by atoms with Gasteiger partial charge >= 0.3 is 0 Å². The summed E-state index contributed by atoms with van der Waals surface area (Å²) in [7, 11) is 1.95. The van der Waals surface area contributed by atoms with E-state index in [-0.39, 0.29) is 0 Å². The molecule has 2 aromatic rings. The minimum atomic E-state index is 0.331. The van der Waals surface area contributed by atoms with Crippen molar-refractivity contribution in [3.8, 4) is 5.95 Å². The van der Waals surface area contributed by atoms with E-state index in [1.807, 2.05) is 11.9 Å². The summed E-state index contributed by atoms with van der Waals surface area (Å²) in [6, 6.07) is 0. The van der Waals surface area contributed by atoms with Gasteiger partial charge < -0.3 is 4.90 Å². The van der Waals surface area contributed by atoms with Gasteiger partial charge in [0.2, 0.25) is 17.8 Å². The lowest BCUT2D eigenvalue weighted by atomic mass is 10.3. The summed E-state index contributed by atoms with van der Waals surface area (Å²) in [5.74, 6) is 6.79. The van der Waals surface area contributed by atoms with E-state index >= 15 is 0 Å². The zero-order chi connectivity index (χ0) is 13.7. The minimum absolute atomic E-state index is 0.331. The van der Waals surface area contributed by atoms with Gasteiger partial charge in [0.1, 0.15) is 6.33 Å². The highest BCUT2D eigenvalue weighted by Gasteiger charge is 2.10. The molecule has 0 saturated carbocycles. The van der Waals surface area contributed by atoms with Crippen molar-refractivity contribution >= 4 is 11.9 Å². The van der Waals surface area contributed by atoms with E-state index in [0.29, 0.717) is 17.8 Å². The third-order valence-electron chi connectivity index (χ3n) is 2.66. The molecule has 0 aliphatic carbocycles. The molecule has 3 N–H and O–H groups in total. The molecule has 0 radical (unpaired) electrons.